The summed E-state index contributed by atoms with van der Waals surface area (Å²) in [6.45, 7) is 2.63. The molecule has 0 unspecified atom stereocenters. The van der Waals surface area contributed by atoms with Crippen molar-refractivity contribution in [3.63, 3.8) is 0 Å². The van der Waals surface area contributed by atoms with E-state index in [2.05, 4.69) is 26.1 Å². The molecule has 1 aliphatic heterocycles. The quantitative estimate of drug-likeness (QED) is 0.565. The number of aromatic amines is 1. The second-order valence-electron chi connectivity index (χ2n) is 5.45. The molecule has 4 N–H and O–H groups in total. The van der Waals surface area contributed by atoms with Gasteiger partial charge in [0.1, 0.15) is 0 Å². The van der Waals surface area contributed by atoms with Crippen LogP contribution in [0.2, 0.25) is 0 Å². The smallest absolute Gasteiger partial charge is 0.272 e. The molecule has 2 aromatic rings. The van der Waals surface area contributed by atoms with Gasteiger partial charge < -0.3 is 16.0 Å². The highest BCUT2D eigenvalue weighted by molar-refractivity contribution is 6.04. The molecular formula is C15H19N5O2. The van der Waals surface area contributed by atoms with Crippen LogP contribution >= 0.6 is 0 Å². The fourth-order valence-corrected chi connectivity index (χ4v) is 2.43. The summed E-state index contributed by atoms with van der Waals surface area (Å²) in [5.41, 5.74) is 1.21. The third-order valence-electron chi connectivity index (χ3n) is 3.76. The van der Waals surface area contributed by atoms with Gasteiger partial charge in [-0.2, -0.15) is 5.10 Å². The number of H-pyrrole nitrogens is 1. The standard InChI is InChI=1S/C15H19N5O2/c21-13(7-10-8-16-9-10)17-5-6-18-15(22)14-11-3-1-2-4-12(11)19-20-14/h1-4,10,16H,5-9H2,(H,17,21)(H,18,22)(H,19,20). The first kappa shape index (κ1) is 14.5. The maximum atomic E-state index is 12.1. The minimum atomic E-state index is -0.241. The van der Waals surface area contributed by atoms with E-state index in [0.717, 1.165) is 24.0 Å². The molecule has 2 heterocycles. The van der Waals surface area contributed by atoms with Gasteiger partial charge in [0, 0.05) is 24.9 Å². The van der Waals surface area contributed by atoms with Crippen molar-refractivity contribution in [1.29, 1.82) is 0 Å². The molecule has 0 saturated carbocycles. The third kappa shape index (κ3) is 3.25. The van der Waals surface area contributed by atoms with E-state index in [-0.39, 0.29) is 11.8 Å². The molecule has 0 atom stereocenters. The predicted octanol–water partition coefficient (Wildman–Crippen LogP) is 0.0184. The molecule has 7 heteroatoms. The average Bonchev–Trinajstić information content (AvgIpc) is 2.91. The molecule has 2 amide bonds. The summed E-state index contributed by atoms with van der Waals surface area (Å²) < 4.78 is 0. The Balaban J connectivity index is 1.43. The number of fused-ring (bicyclic) bond motifs is 1. The van der Waals surface area contributed by atoms with Crippen molar-refractivity contribution in [3.05, 3.63) is 30.0 Å². The molecular weight excluding hydrogens is 282 g/mol. The normalized spacial score (nSPS) is 14.5. The fraction of sp³-hybridized carbons (Fsp3) is 0.400. The van der Waals surface area contributed by atoms with Gasteiger partial charge in [-0.15, -0.1) is 0 Å². The maximum absolute atomic E-state index is 12.1. The van der Waals surface area contributed by atoms with Crippen molar-refractivity contribution in [3.8, 4) is 0 Å². The van der Waals surface area contributed by atoms with Crippen LogP contribution in [0, 0.1) is 5.92 Å². The number of benzene rings is 1. The van der Waals surface area contributed by atoms with Gasteiger partial charge in [0.2, 0.25) is 5.91 Å². The molecule has 0 bridgehead atoms. The SMILES string of the molecule is O=C(CC1CNC1)NCCNC(=O)c1n[nH]c2ccccc12. The van der Waals surface area contributed by atoms with E-state index in [1.54, 1.807) is 0 Å². The first-order valence-electron chi connectivity index (χ1n) is 7.43. The number of para-hydroxylation sites is 1. The van der Waals surface area contributed by atoms with Gasteiger partial charge in [-0.1, -0.05) is 18.2 Å². The number of amides is 2. The lowest BCUT2D eigenvalue weighted by atomic mass is 9.99. The maximum Gasteiger partial charge on any atom is 0.272 e. The number of nitrogens with one attached hydrogen (secondary N) is 4. The van der Waals surface area contributed by atoms with E-state index in [1.165, 1.54) is 0 Å². The molecule has 0 spiro atoms. The van der Waals surface area contributed by atoms with E-state index >= 15 is 0 Å². The Morgan fingerprint density at radius 1 is 1.18 bits per heavy atom. The zero-order chi connectivity index (χ0) is 15.4. The van der Waals surface area contributed by atoms with E-state index < -0.39 is 0 Å². The van der Waals surface area contributed by atoms with Crippen LogP contribution < -0.4 is 16.0 Å². The second kappa shape index (κ2) is 6.57. The molecule has 116 valence electrons. The Labute approximate surface area is 127 Å². The van der Waals surface area contributed by atoms with Gasteiger partial charge in [0.05, 0.1) is 5.52 Å². The Hall–Kier alpha value is -2.41. The van der Waals surface area contributed by atoms with Crippen molar-refractivity contribution < 1.29 is 9.59 Å². The lowest BCUT2D eigenvalue weighted by Gasteiger charge is -2.26. The van der Waals surface area contributed by atoms with E-state index in [1.807, 2.05) is 24.3 Å². The zero-order valence-corrected chi connectivity index (χ0v) is 12.2. The molecule has 0 radical (unpaired) electrons. The second-order valence-corrected chi connectivity index (χ2v) is 5.45. The number of rotatable bonds is 6. The Morgan fingerprint density at radius 3 is 2.73 bits per heavy atom. The number of hydrogen-bond acceptors (Lipinski definition) is 4. The molecule has 1 aliphatic rings. The third-order valence-corrected chi connectivity index (χ3v) is 3.76. The molecule has 1 fully saturated rings. The number of nitrogens with zero attached hydrogens (tertiary/aromatic N) is 1. The molecule has 1 aromatic heterocycles. The van der Waals surface area contributed by atoms with Crippen molar-refractivity contribution >= 4 is 22.7 Å². The van der Waals surface area contributed by atoms with Crippen LogP contribution in [0.1, 0.15) is 16.9 Å². The lowest BCUT2D eigenvalue weighted by Crippen LogP contribution is -2.45. The van der Waals surface area contributed by atoms with Gasteiger partial charge in [-0.05, 0) is 25.1 Å². The number of hydrogen-bond donors (Lipinski definition) is 4. The number of carbonyl (C=O) groups is 2. The average molecular weight is 301 g/mol. The van der Waals surface area contributed by atoms with E-state index in [4.69, 9.17) is 0 Å². The van der Waals surface area contributed by atoms with Crippen molar-refractivity contribution in [2.75, 3.05) is 26.2 Å². The first-order chi connectivity index (χ1) is 10.7. The van der Waals surface area contributed by atoms with Crippen LogP contribution in [0.15, 0.2) is 24.3 Å². The molecule has 3 rings (SSSR count). The van der Waals surface area contributed by atoms with Crippen molar-refractivity contribution in [1.82, 2.24) is 26.1 Å². The van der Waals surface area contributed by atoms with E-state index in [0.29, 0.717) is 31.1 Å². The highest BCUT2D eigenvalue weighted by Gasteiger charge is 2.19. The Morgan fingerprint density at radius 2 is 1.95 bits per heavy atom. The summed E-state index contributed by atoms with van der Waals surface area (Å²) >= 11 is 0. The predicted molar refractivity (Wildman–Crippen MR) is 82.4 cm³/mol. The molecule has 7 nitrogen and oxygen atoms in total. The van der Waals surface area contributed by atoms with Crippen LogP contribution in [-0.4, -0.2) is 48.2 Å². The largest absolute Gasteiger partial charge is 0.354 e. The highest BCUT2D eigenvalue weighted by Crippen LogP contribution is 2.14. The van der Waals surface area contributed by atoms with Crippen LogP contribution in [0.5, 0.6) is 0 Å². The molecule has 1 saturated heterocycles. The Bertz CT molecular complexity index is 677. The minimum absolute atomic E-state index is 0.0333. The van der Waals surface area contributed by atoms with Gasteiger partial charge in [-0.3, -0.25) is 14.7 Å². The number of aromatic nitrogens is 2. The fourth-order valence-electron chi connectivity index (χ4n) is 2.43. The van der Waals surface area contributed by atoms with Gasteiger partial charge in [0.25, 0.3) is 5.91 Å². The summed E-state index contributed by atoms with van der Waals surface area (Å²) in [7, 11) is 0. The van der Waals surface area contributed by atoms with Crippen LogP contribution in [-0.2, 0) is 4.79 Å². The monoisotopic (exact) mass is 301 g/mol. The molecule has 22 heavy (non-hydrogen) atoms. The molecule has 1 aromatic carbocycles. The summed E-state index contributed by atoms with van der Waals surface area (Å²) in [6.07, 6.45) is 0.547. The molecule has 0 aliphatic carbocycles. The zero-order valence-electron chi connectivity index (χ0n) is 12.2. The highest BCUT2D eigenvalue weighted by atomic mass is 16.2. The summed E-state index contributed by atoms with van der Waals surface area (Å²) in [4.78, 5) is 23.7. The van der Waals surface area contributed by atoms with Gasteiger partial charge in [-0.25, -0.2) is 0 Å². The number of carbonyl (C=O) groups excluding carboxylic acids is 2. The summed E-state index contributed by atoms with van der Waals surface area (Å²) in [5.74, 6) is 0.242. The van der Waals surface area contributed by atoms with Crippen LogP contribution in [0.4, 0.5) is 0 Å². The van der Waals surface area contributed by atoms with Gasteiger partial charge in [0.15, 0.2) is 5.69 Å². The lowest BCUT2D eigenvalue weighted by molar-refractivity contribution is -0.122. The van der Waals surface area contributed by atoms with E-state index in [9.17, 15) is 9.59 Å². The minimum Gasteiger partial charge on any atom is -0.354 e. The van der Waals surface area contributed by atoms with Crippen molar-refractivity contribution in [2.45, 2.75) is 6.42 Å². The van der Waals surface area contributed by atoms with Crippen molar-refractivity contribution in [2.24, 2.45) is 5.92 Å². The Kier molecular flexibility index (Phi) is 4.34. The van der Waals surface area contributed by atoms with Crippen LogP contribution in [0.3, 0.4) is 0 Å². The summed E-state index contributed by atoms with van der Waals surface area (Å²) in [5, 5.41) is 16.4. The van der Waals surface area contributed by atoms with Gasteiger partial charge >= 0.3 is 0 Å². The summed E-state index contributed by atoms with van der Waals surface area (Å²) in [6, 6.07) is 7.47. The van der Waals surface area contributed by atoms with Crippen LogP contribution in [0.25, 0.3) is 10.9 Å². The first-order valence-corrected chi connectivity index (χ1v) is 7.43. The topological polar surface area (TPSA) is 98.9 Å².